The molecule has 0 bridgehead atoms. The fourth-order valence-corrected chi connectivity index (χ4v) is 2.08. The number of aliphatic hydroxyl groups is 1. The summed E-state index contributed by atoms with van der Waals surface area (Å²) < 4.78 is 7.48. The van der Waals surface area contributed by atoms with Crippen molar-refractivity contribution < 1.29 is 9.84 Å². The maximum atomic E-state index is 9.49. The number of benzene rings is 1. The number of rotatable bonds is 6. The summed E-state index contributed by atoms with van der Waals surface area (Å²) in [5.74, 6) is 1.34. The van der Waals surface area contributed by atoms with Crippen LogP contribution in [0.4, 0.5) is 0 Å². The van der Waals surface area contributed by atoms with Gasteiger partial charge in [-0.25, -0.2) is 9.67 Å². The van der Waals surface area contributed by atoms with E-state index in [4.69, 9.17) is 16.3 Å². The van der Waals surface area contributed by atoms with Crippen LogP contribution in [0.3, 0.4) is 0 Å². The molecule has 1 aromatic heterocycles. The topological polar surface area (TPSA) is 60.2 Å². The third kappa shape index (κ3) is 3.49. The Hall–Kier alpha value is -1.59. The molecule has 0 amide bonds. The van der Waals surface area contributed by atoms with E-state index in [1.54, 1.807) is 25.1 Å². The first-order valence-electron chi connectivity index (χ1n) is 6.58. The standard InChI is InChI=1S/C14H18ClN3O2/c1-3-6-18-14(16-9-17-18)8-20-13-5-4-11(10(2)19)7-12(13)15/h4-5,7,9-10,19H,3,6,8H2,1-2H3/t10-/m0/s1. The van der Waals surface area contributed by atoms with Crippen LogP contribution in [0.25, 0.3) is 0 Å². The van der Waals surface area contributed by atoms with E-state index in [0.717, 1.165) is 24.4 Å². The molecular weight excluding hydrogens is 278 g/mol. The number of hydrogen-bond acceptors (Lipinski definition) is 4. The number of hydrogen-bond donors (Lipinski definition) is 1. The van der Waals surface area contributed by atoms with Gasteiger partial charge in [0.2, 0.25) is 0 Å². The summed E-state index contributed by atoms with van der Waals surface area (Å²) in [6, 6.07) is 5.26. The van der Waals surface area contributed by atoms with Gasteiger partial charge in [0.15, 0.2) is 5.82 Å². The highest BCUT2D eigenvalue weighted by Gasteiger charge is 2.09. The van der Waals surface area contributed by atoms with E-state index in [9.17, 15) is 5.11 Å². The van der Waals surface area contributed by atoms with Crippen molar-refractivity contribution in [2.24, 2.45) is 0 Å². The Morgan fingerprint density at radius 3 is 2.90 bits per heavy atom. The molecule has 0 aliphatic carbocycles. The summed E-state index contributed by atoms with van der Waals surface area (Å²) >= 11 is 6.14. The van der Waals surface area contributed by atoms with Crippen LogP contribution in [-0.2, 0) is 13.2 Å². The van der Waals surface area contributed by atoms with Crippen LogP contribution in [0.15, 0.2) is 24.5 Å². The summed E-state index contributed by atoms with van der Waals surface area (Å²) in [4.78, 5) is 4.17. The highest BCUT2D eigenvalue weighted by atomic mass is 35.5. The van der Waals surface area contributed by atoms with Crippen molar-refractivity contribution in [1.82, 2.24) is 14.8 Å². The van der Waals surface area contributed by atoms with Crippen LogP contribution < -0.4 is 4.74 Å². The molecule has 5 nitrogen and oxygen atoms in total. The Labute approximate surface area is 123 Å². The molecule has 108 valence electrons. The lowest BCUT2D eigenvalue weighted by Gasteiger charge is -2.11. The first-order valence-corrected chi connectivity index (χ1v) is 6.96. The minimum absolute atomic E-state index is 0.313. The predicted molar refractivity (Wildman–Crippen MR) is 76.7 cm³/mol. The van der Waals surface area contributed by atoms with Crippen molar-refractivity contribution >= 4 is 11.6 Å². The van der Waals surface area contributed by atoms with Gasteiger partial charge in [-0.05, 0) is 31.0 Å². The Balaban J connectivity index is 2.05. The number of aryl methyl sites for hydroxylation is 1. The van der Waals surface area contributed by atoms with E-state index in [1.165, 1.54) is 6.33 Å². The summed E-state index contributed by atoms with van der Waals surface area (Å²) in [6.07, 6.45) is 1.96. The molecule has 0 spiro atoms. The lowest BCUT2D eigenvalue weighted by molar-refractivity contribution is 0.199. The van der Waals surface area contributed by atoms with Crippen molar-refractivity contribution in [3.05, 3.63) is 40.9 Å². The summed E-state index contributed by atoms with van der Waals surface area (Å²) in [7, 11) is 0. The van der Waals surface area contributed by atoms with Crippen LogP contribution >= 0.6 is 11.6 Å². The van der Waals surface area contributed by atoms with Crippen molar-refractivity contribution in [3.63, 3.8) is 0 Å². The van der Waals surface area contributed by atoms with Gasteiger partial charge in [0.1, 0.15) is 18.7 Å². The van der Waals surface area contributed by atoms with Gasteiger partial charge in [0.05, 0.1) is 11.1 Å². The van der Waals surface area contributed by atoms with Gasteiger partial charge < -0.3 is 9.84 Å². The molecule has 2 rings (SSSR count). The van der Waals surface area contributed by atoms with Crippen LogP contribution in [0.1, 0.15) is 37.8 Å². The third-order valence-corrected chi connectivity index (χ3v) is 3.22. The molecule has 2 aromatic rings. The van der Waals surface area contributed by atoms with Crippen LogP contribution in [0.5, 0.6) is 5.75 Å². The average Bonchev–Trinajstić information content (AvgIpc) is 2.85. The molecule has 1 atom stereocenters. The fourth-order valence-electron chi connectivity index (χ4n) is 1.83. The zero-order valence-corrected chi connectivity index (χ0v) is 12.3. The molecule has 0 unspecified atom stereocenters. The number of aromatic nitrogens is 3. The SMILES string of the molecule is CCCn1ncnc1COc1ccc([C@H](C)O)cc1Cl. The normalized spacial score (nSPS) is 12.4. The highest BCUT2D eigenvalue weighted by Crippen LogP contribution is 2.28. The Bertz CT molecular complexity index is 569. The molecule has 0 radical (unpaired) electrons. The minimum atomic E-state index is -0.547. The van der Waals surface area contributed by atoms with E-state index < -0.39 is 6.10 Å². The van der Waals surface area contributed by atoms with Crippen molar-refractivity contribution in [1.29, 1.82) is 0 Å². The Morgan fingerprint density at radius 1 is 1.45 bits per heavy atom. The van der Waals surface area contributed by atoms with Crippen molar-refractivity contribution in [3.8, 4) is 5.75 Å². The van der Waals surface area contributed by atoms with E-state index in [-0.39, 0.29) is 0 Å². The monoisotopic (exact) mass is 295 g/mol. The molecule has 0 aliphatic rings. The molecule has 0 saturated carbocycles. The van der Waals surface area contributed by atoms with E-state index >= 15 is 0 Å². The maximum Gasteiger partial charge on any atom is 0.164 e. The van der Waals surface area contributed by atoms with E-state index in [0.29, 0.717) is 17.4 Å². The summed E-state index contributed by atoms with van der Waals surface area (Å²) in [6.45, 7) is 4.90. The van der Waals surface area contributed by atoms with Gasteiger partial charge in [-0.3, -0.25) is 0 Å². The van der Waals surface area contributed by atoms with Gasteiger partial charge in [-0.15, -0.1) is 0 Å². The van der Waals surface area contributed by atoms with Crippen LogP contribution in [0.2, 0.25) is 5.02 Å². The number of ether oxygens (including phenoxy) is 1. The number of aliphatic hydroxyl groups excluding tert-OH is 1. The number of nitrogens with zero attached hydrogens (tertiary/aromatic N) is 3. The first-order chi connectivity index (χ1) is 9.61. The van der Waals surface area contributed by atoms with Crippen LogP contribution in [0, 0.1) is 0 Å². The summed E-state index contributed by atoms with van der Waals surface area (Å²) in [5.41, 5.74) is 0.761. The van der Waals surface area contributed by atoms with E-state index in [1.807, 2.05) is 4.68 Å². The molecular formula is C14H18ClN3O2. The summed E-state index contributed by atoms with van der Waals surface area (Å²) in [5, 5.41) is 14.1. The van der Waals surface area contributed by atoms with Gasteiger partial charge in [-0.1, -0.05) is 24.6 Å². The molecule has 0 saturated heterocycles. The zero-order valence-electron chi connectivity index (χ0n) is 11.6. The second kappa shape index (κ2) is 6.72. The third-order valence-electron chi connectivity index (χ3n) is 2.93. The number of halogens is 1. The molecule has 20 heavy (non-hydrogen) atoms. The molecule has 1 N–H and O–H groups in total. The molecule has 0 fully saturated rings. The quantitative estimate of drug-likeness (QED) is 0.890. The average molecular weight is 296 g/mol. The van der Waals surface area contributed by atoms with E-state index in [2.05, 4.69) is 17.0 Å². The van der Waals surface area contributed by atoms with Gasteiger partial charge in [0, 0.05) is 6.54 Å². The van der Waals surface area contributed by atoms with Gasteiger partial charge in [-0.2, -0.15) is 5.10 Å². The molecule has 6 heteroatoms. The minimum Gasteiger partial charge on any atom is -0.484 e. The first kappa shape index (κ1) is 14.8. The predicted octanol–water partition coefficient (Wildman–Crippen LogP) is 2.97. The molecule has 1 aromatic carbocycles. The largest absolute Gasteiger partial charge is 0.484 e. The maximum absolute atomic E-state index is 9.49. The Kier molecular flexibility index (Phi) is 4.98. The molecule has 1 heterocycles. The lowest BCUT2D eigenvalue weighted by atomic mass is 10.1. The second-order valence-electron chi connectivity index (χ2n) is 4.55. The van der Waals surface area contributed by atoms with Gasteiger partial charge in [0.25, 0.3) is 0 Å². The highest BCUT2D eigenvalue weighted by molar-refractivity contribution is 6.32. The molecule has 0 aliphatic heterocycles. The zero-order chi connectivity index (χ0) is 14.5. The van der Waals surface area contributed by atoms with Gasteiger partial charge >= 0.3 is 0 Å². The lowest BCUT2D eigenvalue weighted by Crippen LogP contribution is -2.08. The Morgan fingerprint density at radius 2 is 2.25 bits per heavy atom. The van der Waals surface area contributed by atoms with Crippen molar-refractivity contribution in [2.75, 3.05) is 0 Å². The second-order valence-corrected chi connectivity index (χ2v) is 4.96. The smallest absolute Gasteiger partial charge is 0.164 e. The van der Waals surface area contributed by atoms with Crippen molar-refractivity contribution in [2.45, 2.75) is 39.5 Å². The fraction of sp³-hybridized carbons (Fsp3) is 0.429. The van der Waals surface area contributed by atoms with Crippen LogP contribution in [-0.4, -0.2) is 19.9 Å².